The highest BCUT2D eigenvalue weighted by Gasteiger charge is 2.18. The number of carbonyl (C=O) groups excluding carboxylic acids is 1. The maximum Gasteiger partial charge on any atom is 0.275 e. The van der Waals surface area contributed by atoms with Crippen LogP contribution in [0.4, 0.5) is 5.82 Å². The lowest BCUT2D eigenvalue weighted by Crippen LogP contribution is -2.17. The quantitative estimate of drug-likeness (QED) is 0.587. The van der Waals surface area contributed by atoms with E-state index in [-0.39, 0.29) is 5.91 Å². The third-order valence-corrected chi connectivity index (χ3v) is 4.17. The van der Waals surface area contributed by atoms with Crippen molar-refractivity contribution in [3.8, 4) is 16.9 Å². The van der Waals surface area contributed by atoms with E-state index < -0.39 is 0 Å². The molecule has 5 nitrogen and oxygen atoms in total. The van der Waals surface area contributed by atoms with Gasteiger partial charge in [0.15, 0.2) is 0 Å². The number of hydrogen-bond acceptors (Lipinski definition) is 3. The zero-order valence-electron chi connectivity index (χ0n) is 14.8. The van der Waals surface area contributed by atoms with E-state index in [0.29, 0.717) is 11.5 Å². The van der Waals surface area contributed by atoms with Crippen LogP contribution >= 0.6 is 0 Å². The van der Waals surface area contributed by atoms with E-state index in [4.69, 9.17) is 0 Å². The van der Waals surface area contributed by atoms with Gasteiger partial charge in [0, 0.05) is 11.8 Å². The van der Waals surface area contributed by atoms with Crippen LogP contribution in [0, 0.1) is 6.92 Å². The molecule has 1 amide bonds. The van der Waals surface area contributed by atoms with Crippen LogP contribution in [-0.2, 0) is 0 Å². The molecule has 4 rings (SSSR count). The van der Waals surface area contributed by atoms with Gasteiger partial charge in [-0.1, -0.05) is 54.6 Å². The molecule has 0 saturated heterocycles. The summed E-state index contributed by atoms with van der Waals surface area (Å²) in [4.78, 5) is 17.2. The zero-order valence-corrected chi connectivity index (χ0v) is 14.8. The van der Waals surface area contributed by atoms with Crippen LogP contribution < -0.4 is 5.32 Å². The standard InChI is InChI=1S/C22H18N4O/c1-16-12-13-21(23-15-16)24-22(27)20-14-19(17-8-4-2-5-9-17)25-26(20)18-10-6-3-7-11-18/h2-15H,1H3,(H,23,24,27). The molecule has 0 aliphatic rings. The average molecular weight is 354 g/mol. The Labute approximate surface area is 157 Å². The van der Waals surface area contributed by atoms with Crippen LogP contribution in [0.15, 0.2) is 85.1 Å². The molecule has 2 aromatic heterocycles. The molecule has 1 N–H and O–H groups in total. The number of carbonyl (C=O) groups is 1. The van der Waals surface area contributed by atoms with Crippen molar-refractivity contribution in [3.63, 3.8) is 0 Å². The first-order chi connectivity index (χ1) is 13.2. The molecule has 2 heterocycles. The van der Waals surface area contributed by atoms with E-state index in [9.17, 15) is 4.79 Å². The van der Waals surface area contributed by atoms with Crippen molar-refractivity contribution in [2.24, 2.45) is 0 Å². The highest BCUT2D eigenvalue weighted by molar-refractivity contribution is 6.03. The molecule has 0 aliphatic carbocycles. The molecule has 132 valence electrons. The van der Waals surface area contributed by atoms with Crippen molar-refractivity contribution in [3.05, 3.63) is 96.3 Å². The van der Waals surface area contributed by atoms with Gasteiger partial charge in [-0.05, 0) is 36.8 Å². The fourth-order valence-electron chi connectivity index (χ4n) is 2.78. The molecule has 0 spiro atoms. The van der Waals surface area contributed by atoms with Crippen molar-refractivity contribution < 1.29 is 4.79 Å². The smallest absolute Gasteiger partial charge is 0.275 e. The second kappa shape index (κ2) is 7.25. The van der Waals surface area contributed by atoms with E-state index in [1.165, 1.54) is 0 Å². The lowest BCUT2D eigenvalue weighted by molar-refractivity contribution is 0.101. The largest absolute Gasteiger partial charge is 0.305 e. The minimum absolute atomic E-state index is 0.259. The number of rotatable bonds is 4. The van der Waals surface area contributed by atoms with Gasteiger partial charge in [-0.15, -0.1) is 0 Å². The number of benzene rings is 2. The first-order valence-corrected chi connectivity index (χ1v) is 8.65. The fourth-order valence-corrected chi connectivity index (χ4v) is 2.78. The van der Waals surface area contributed by atoms with Crippen LogP contribution in [-0.4, -0.2) is 20.7 Å². The lowest BCUT2D eigenvalue weighted by Gasteiger charge is -2.08. The number of pyridine rings is 1. The maximum absolute atomic E-state index is 12.9. The van der Waals surface area contributed by atoms with Crippen molar-refractivity contribution in [1.29, 1.82) is 0 Å². The zero-order chi connectivity index (χ0) is 18.6. The predicted molar refractivity (Wildman–Crippen MR) is 106 cm³/mol. The summed E-state index contributed by atoms with van der Waals surface area (Å²) >= 11 is 0. The Bertz CT molecular complexity index is 1050. The number of nitrogens with one attached hydrogen (secondary N) is 1. The minimum atomic E-state index is -0.259. The van der Waals surface area contributed by atoms with E-state index in [1.54, 1.807) is 23.0 Å². The SMILES string of the molecule is Cc1ccc(NC(=O)c2cc(-c3ccccc3)nn2-c2ccccc2)nc1. The summed E-state index contributed by atoms with van der Waals surface area (Å²) in [7, 11) is 0. The lowest BCUT2D eigenvalue weighted by atomic mass is 10.1. The van der Waals surface area contributed by atoms with E-state index in [0.717, 1.165) is 22.5 Å². The van der Waals surface area contributed by atoms with Crippen LogP contribution in [0.25, 0.3) is 16.9 Å². The Hall–Kier alpha value is -3.73. The highest BCUT2D eigenvalue weighted by atomic mass is 16.2. The molecule has 0 bridgehead atoms. The maximum atomic E-state index is 12.9. The van der Waals surface area contributed by atoms with Gasteiger partial charge < -0.3 is 5.32 Å². The monoisotopic (exact) mass is 354 g/mol. The van der Waals surface area contributed by atoms with Crippen molar-refractivity contribution in [2.75, 3.05) is 5.32 Å². The summed E-state index contributed by atoms with van der Waals surface area (Å²) in [6, 6.07) is 24.9. The van der Waals surface area contributed by atoms with Crippen molar-refractivity contribution in [2.45, 2.75) is 6.92 Å². The van der Waals surface area contributed by atoms with Gasteiger partial charge in [0.05, 0.1) is 11.4 Å². The first kappa shape index (κ1) is 16.7. The van der Waals surface area contributed by atoms with Crippen molar-refractivity contribution >= 4 is 11.7 Å². The third-order valence-electron chi connectivity index (χ3n) is 4.17. The summed E-state index contributed by atoms with van der Waals surface area (Å²) in [5, 5.41) is 7.51. The molecular weight excluding hydrogens is 336 g/mol. The second-order valence-electron chi connectivity index (χ2n) is 6.20. The van der Waals surface area contributed by atoms with Gasteiger partial charge in [-0.25, -0.2) is 9.67 Å². The molecule has 0 radical (unpaired) electrons. The van der Waals surface area contributed by atoms with Crippen LogP contribution in [0.2, 0.25) is 0 Å². The van der Waals surface area contributed by atoms with Crippen LogP contribution in [0.5, 0.6) is 0 Å². The molecule has 0 saturated carbocycles. The molecule has 5 heteroatoms. The summed E-state index contributed by atoms with van der Waals surface area (Å²) in [5.41, 5.74) is 3.99. The molecule has 0 aliphatic heterocycles. The molecule has 0 atom stereocenters. The molecular formula is C22H18N4O. The summed E-state index contributed by atoms with van der Waals surface area (Å²) in [5.74, 6) is 0.248. The normalized spacial score (nSPS) is 10.6. The Morgan fingerprint density at radius 3 is 2.30 bits per heavy atom. The van der Waals surface area contributed by atoms with E-state index in [1.807, 2.05) is 73.7 Å². The topological polar surface area (TPSA) is 59.8 Å². The Morgan fingerprint density at radius 2 is 1.63 bits per heavy atom. The molecule has 4 aromatic rings. The van der Waals surface area contributed by atoms with E-state index >= 15 is 0 Å². The Balaban J connectivity index is 1.74. The summed E-state index contributed by atoms with van der Waals surface area (Å²) in [6.07, 6.45) is 1.72. The van der Waals surface area contributed by atoms with Gasteiger partial charge in [-0.2, -0.15) is 5.10 Å². The minimum Gasteiger partial charge on any atom is -0.305 e. The summed E-state index contributed by atoms with van der Waals surface area (Å²) < 4.78 is 1.66. The molecule has 27 heavy (non-hydrogen) atoms. The number of anilines is 1. The van der Waals surface area contributed by atoms with Crippen LogP contribution in [0.1, 0.15) is 16.1 Å². The van der Waals surface area contributed by atoms with Crippen molar-refractivity contribution in [1.82, 2.24) is 14.8 Å². The number of para-hydroxylation sites is 1. The Kier molecular flexibility index (Phi) is 4.49. The number of nitrogens with zero attached hydrogens (tertiary/aromatic N) is 3. The van der Waals surface area contributed by atoms with Gasteiger partial charge >= 0.3 is 0 Å². The number of aromatic nitrogens is 3. The van der Waals surface area contributed by atoms with E-state index in [2.05, 4.69) is 15.4 Å². The Morgan fingerprint density at radius 1 is 0.926 bits per heavy atom. The summed E-state index contributed by atoms with van der Waals surface area (Å²) in [6.45, 7) is 1.95. The first-order valence-electron chi connectivity index (χ1n) is 8.65. The van der Waals surface area contributed by atoms with Gasteiger partial charge in [0.2, 0.25) is 0 Å². The van der Waals surface area contributed by atoms with Gasteiger partial charge in [0.1, 0.15) is 11.5 Å². The molecule has 0 fully saturated rings. The third kappa shape index (κ3) is 3.62. The number of hydrogen-bond donors (Lipinski definition) is 1. The highest BCUT2D eigenvalue weighted by Crippen LogP contribution is 2.22. The number of amides is 1. The van der Waals surface area contributed by atoms with Gasteiger partial charge in [0.25, 0.3) is 5.91 Å². The van der Waals surface area contributed by atoms with Gasteiger partial charge in [-0.3, -0.25) is 4.79 Å². The average Bonchev–Trinajstić information content (AvgIpc) is 3.17. The second-order valence-corrected chi connectivity index (χ2v) is 6.20. The predicted octanol–water partition coefficient (Wildman–Crippen LogP) is 4.50. The molecule has 0 unspecified atom stereocenters. The molecule has 2 aromatic carbocycles. The number of aryl methyl sites for hydroxylation is 1. The van der Waals surface area contributed by atoms with Crippen LogP contribution in [0.3, 0.4) is 0 Å². The fraction of sp³-hybridized carbons (Fsp3) is 0.0455.